The van der Waals surface area contributed by atoms with Crippen LogP contribution in [0.25, 0.3) is 10.6 Å². The molecule has 1 unspecified atom stereocenters. The van der Waals surface area contributed by atoms with Gasteiger partial charge in [0.2, 0.25) is 0 Å². The Morgan fingerprint density at radius 3 is 2.48 bits per heavy atom. The Labute approximate surface area is 124 Å². The van der Waals surface area contributed by atoms with Crippen LogP contribution in [-0.4, -0.2) is 4.98 Å². The van der Waals surface area contributed by atoms with Crippen LogP contribution in [0.1, 0.15) is 36.9 Å². The summed E-state index contributed by atoms with van der Waals surface area (Å²) in [7, 11) is 0. The monoisotopic (exact) mass is 312 g/mol. The van der Waals surface area contributed by atoms with Gasteiger partial charge in [0.05, 0.1) is 5.69 Å². The van der Waals surface area contributed by atoms with Crippen LogP contribution in [0.3, 0.4) is 0 Å². The van der Waals surface area contributed by atoms with E-state index in [4.69, 9.17) is 5.73 Å². The highest BCUT2D eigenvalue weighted by Gasteiger charge is 2.33. The smallest absolute Gasteiger partial charge is 0.194 e. The molecule has 3 rings (SSSR count). The third-order valence-electron chi connectivity index (χ3n) is 3.71. The van der Waals surface area contributed by atoms with Crippen molar-refractivity contribution in [3.8, 4) is 10.6 Å². The number of thiazole rings is 1. The number of aromatic nitrogens is 1. The minimum absolute atomic E-state index is 0.0526. The summed E-state index contributed by atoms with van der Waals surface area (Å²) in [5.74, 6) is -3.87. The Kier molecular flexibility index (Phi) is 3.33. The van der Waals surface area contributed by atoms with Gasteiger partial charge >= 0.3 is 0 Å². The second-order valence-corrected chi connectivity index (χ2v) is 7.27. The summed E-state index contributed by atoms with van der Waals surface area (Å²) in [4.78, 5) is 5.41. The lowest BCUT2D eigenvalue weighted by molar-refractivity contribution is 0.282. The second kappa shape index (κ2) is 4.81. The van der Waals surface area contributed by atoms with Crippen LogP contribution in [-0.2, 0) is 6.42 Å². The van der Waals surface area contributed by atoms with Crippen molar-refractivity contribution in [1.29, 1.82) is 0 Å². The van der Waals surface area contributed by atoms with Gasteiger partial charge in [-0.05, 0) is 30.4 Å². The maximum atomic E-state index is 13.3. The number of halogens is 3. The average Bonchev–Trinajstić information content (AvgIpc) is 2.77. The van der Waals surface area contributed by atoms with E-state index in [9.17, 15) is 13.2 Å². The van der Waals surface area contributed by atoms with Gasteiger partial charge in [0.25, 0.3) is 0 Å². The lowest BCUT2D eigenvalue weighted by atomic mass is 9.77. The van der Waals surface area contributed by atoms with E-state index in [1.165, 1.54) is 11.3 Å². The normalized spacial score (nSPS) is 20.4. The minimum Gasteiger partial charge on any atom is -0.323 e. The van der Waals surface area contributed by atoms with Gasteiger partial charge in [0.1, 0.15) is 5.01 Å². The van der Waals surface area contributed by atoms with Gasteiger partial charge in [-0.3, -0.25) is 0 Å². The molecule has 0 amide bonds. The van der Waals surface area contributed by atoms with Crippen molar-refractivity contribution in [3.63, 3.8) is 0 Å². The Hall–Kier alpha value is -1.40. The van der Waals surface area contributed by atoms with Crippen LogP contribution >= 0.6 is 11.3 Å². The predicted molar refractivity (Wildman–Crippen MR) is 76.5 cm³/mol. The lowest BCUT2D eigenvalue weighted by Crippen LogP contribution is -2.28. The van der Waals surface area contributed by atoms with E-state index in [1.807, 2.05) is 0 Å². The topological polar surface area (TPSA) is 38.9 Å². The van der Waals surface area contributed by atoms with Gasteiger partial charge in [-0.2, -0.15) is 0 Å². The molecule has 2 N–H and O–H groups in total. The van der Waals surface area contributed by atoms with Crippen LogP contribution in [0, 0.1) is 22.9 Å². The molecule has 6 heteroatoms. The standard InChI is InChI=1S/C15H15F3N2S/c1-15(2)5-10(19)13-11(6-15)20-14(21-13)7-3-8(16)12(18)9(17)4-7/h3-4,10H,5-6,19H2,1-2H3. The van der Waals surface area contributed by atoms with Crippen molar-refractivity contribution in [1.82, 2.24) is 4.98 Å². The lowest BCUT2D eigenvalue weighted by Gasteiger charge is -2.32. The molecule has 1 aliphatic rings. The molecule has 0 fully saturated rings. The highest BCUT2D eigenvalue weighted by molar-refractivity contribution is 7.15. The minimum atomic E-state index is -1.46. The summed E-state index contributed by atoms with van der Waals surface area (Å²) >= 11 is 1.33. The molecule has 2 aromatic rings. The number of fused-ring (bicyclic) bond motifs is 1. The summed E-state index contributed by atoms with van der Waals surface area (Å²) in [6.45, 7) is 4.23. The molecule has 21 heavy (non-hydrogen) atoms. The third kappa shape index (κ3) is 2.58. The molecular weight excluding hydrogens is 297 g/mol. The van der Waals surface area contributed by atoms with Crippen LogP contribution < -0.4 is 5.73 Å². The zero-order valence-electron chi connectivity index (χ0n) is 11.7. The van der Waals surface area contributed by atoms with E-state index >= 15 is 0 Å². The fraction of sp³-hybridized carbons (Fsp3) is 0.400. The number of nitrogens with zero attached hydrogens (tertiary/aromatic N) is 1. The van der Waals surface area contributed by atoms with Crippen molar-refractivity contribution in [2.45, 2.75) is 32.7 Å². The first-order valence-corrected chi connectivity index (χ1v) is 7.48. The van der Waals surface area contributed by atoms with Crippen LogP contribution in [0.4, 0.5) is 13.2 Å². The molecule has 0 saturated carbocycles. The van der Waals surface area contributed by atoms with Gasteiger partial charge in [-0.25, -0.2) is 18.2 Å². The number of benzene rings is 1. The summed E-state index contributed by atoms with van der Waals surface area (Å²) < 4.78 is 39.7. The average molecular weight is 312 g/mol. The van der Waals surface area contributed by atoms with Crippen molar-refractivity contribution in [3.05, 3.63) is 40.2 Å². The second-order valence-electron chi connectivity index (χ2n) is 6.24. The molecule has 0 spiro atoms. The first-order chi connectivity index (χ1) is 9.77. The fourth-order valence-electron chi connectivity index (χ4n) is 2.80. The van der Waals surface area contributed by atoms with E-state index in [0.717, 1.165) is 35.5 Å². The van der Waals surface area contributed by atoms with Crippen LogP contribution in [0.2, 0.25) is 0 Å². The molecule has 1 aromatic carbocycles. The molecule has 0 aliphatic heterocycles. The number of nitrogens with two attached hydrogens (primary N) is 1. The SMILES string of the molecule is CC1(C)Cc2nc(-c3cc(F)c(F)c(F)c3)sc2C(N)C1. The van der Waals surface area contributed by atoms with E-state index in [2.05, 4.69) is 18.8 Å². The van der Waals surface area contributed by atoms with Crippen molar-refractivity contribution in [2.24, 2.45) is 11.1 Å². The first-order valence-electron chi connectivity index (χ1n) is 6.67. The number of rotatable bonds is 1. The first kappa shape index (κ1) is 14.5. The Balaban J connectivity index is 2.06. The maximum Gasteiger partial charge on any atom is 0.194 e. The maximum absolute atomic E-state index is 13.3. The Morgan fingerprint density at radius 2 is 1.86 bits per heavy atom. The van der Waals surface area contributed by atoms with Gasteiger partial charge < -0.3 is 5.73 Å². The molecule has 1 heterocycles. The molecule has 0 radical (unpaired) electrons. The Morgan fingerprint density at radius 1 is 1.24 bits per heavy atom. The third-order valence-corrected chi connectivity index (χ3v) is 4.99. The molecule has 0 saturated heterocycles. The van der Waals surface area contributed by atoms with Crippen molar-refractivity contribution in [2.75, 3.05) is 0 Å². The number of hydrogen-bond acceptors (Lipinski definition) is 3. The largest absolute Gasteiger partial charge is 0.323 e. The van der Waals surface area contributed by atoms with Crippen molar-refractivity contribution >= 4 is 11.3 Å². The van der Waals surface area contributed by atoms with E-state index in [-0.39, 0.29) is 17.0 Å². The summed E-state index contributed by atoms with van der Waals surface area (Å²) in [5.41, 5.74) is 7.34. The quantitative estimate of drug-likeness (QED) is 0.802. The van der Waals surface area contributed by atoms with E-state index in [0.29, 0.717) is 5.01 Å². The summed E-state index contributed by atoms with van der Waals surface area (Å²) in [6, 6.07) is 1.82. The molecule has 112 valence electrons. The van der Waals surface area contributed by atoms with Gasteiger partial charge in [0, 0.05) is 16.5 Å². The molecule has 0 bridgehead atoms. The van der Waals surface area contributed by atoms with E-state index in [1.54, 1.807) is 0 Å². The highest BCUT2D eigenvalue weighted by Crippen LogP contribution is 2.43. The molecule has 1 aliphatic carbocycles. The number of hydrogen-bond donors (Lipinski definition) is 1. The highest BCUT2D eigenvalue weighted by atomic mass is 32.1. The summed E-state index contributed by atoms with van der Waals surface area (Å²) in [6.07, 6.45) is 1.62. The molecular formula is C15H15F3N2S. The Bertz CT molecular complexity index is 686. The predicted octanol–water partition coefficient (Wildman–Crippen LogP) is 4.20. The van der Waals surface area contributed by atoms with Crippen molar-refractivity contribution < 1.29 is 13.2 Å². The zero-order chi connectivity index (χ0) is 15.4. The van der Waals surface area contributed by atoms with Crippen LogP contribution in [0.5, 0.6) is 0 Å². The van der Waals surface area contributed by atoms with Gasteiger partial charge in [-0.1, -0.05) is 13.8 Å². The summed E-state index contributed by atoms with van der Waals surface area (Å²) in [5, 5.41) is 0.478. The van der Waals surface area contributed by atoms with E-state index < -0.39 is 17.5 Å². The molecule has 1 aromatic heterocycles. The van der Waals surface area contributed by atoms with Gasteiger partial charge in [0.15, 0.2) is 17.5 Å². The van der Waals surface area contributed by atoms with Crippen LogP contribution in [0.15, 0.2) is 12.1 Å². The van der Waals surface area contributed by atoms with Gasteiger partial charge in [-0.15, -0.1) is 11.3 Å². The zero-order valence-corrected chi connectivity index (χ0v) is 12.5. The molecule has 2 nitrogen and oxygen atoms in total. The fourth-order valence-corrected chi connectivity index (χ4v) is 3.87. The molecule has 1 atom stereocenters.